The van der Waals surface area contributed by atoms with Crippen LogP contribution in [0.3, 0.4) is 0 Å². The van der Waals surface area contributed by atoms with Crippen LogP contribution < -0.4 is 10.6 Å². The molecule has 5 heteroatoms. The van der Waals surface area contributed by atoms with Gasteiger partial charge in [0.25, 0.3) is 0 Å². The van der Waals surface area contributed by atoms with Gasteiger partial charge in [-0.3, -0.25) is 0 Å². The first-order chi connectivity index (χ1) is 8.37. The third-order valence-electron chi connectivity index (χ3n) is 2.88. The smallest absolute Gasteiger partial charge is 0.363 e. The van der Waals surface area contributed by atoms with Crippen molar-refractivity contribution in [3.05, 3.63) is 29.8 Å². The van der Waals surface area contributed by atoms with Gasteiger partial charge in [0.05, 0.1) is 0 Å². The van der Waals surface area contributed by atoms with Gasteiger partial charge in [0.2, 0.25) is 0 Å². The van der Waals surface area contributed by atoms with Gasteiger partial charge in [-0.25, -0.2) is 0 Å². The van der Waals surface area contributed by atoms with E-state index in [1.54, 1.807) is 31.2 Å². The number of alkyl halides is 3. The number of benzene rings is 1. The van der Waals surface area contributed by atoms with E-state index >= 15 is 0 Å². The van der Waals surface area contributed by atoms with E-state index in [0.29, 0.717) is 12.2 Å². The lowest BCUT2D eigenvalue weighted by Gasteiger charge is -2.24. The van der Waals surface area contributed by atoms with E-state index in [1.807, 2.05) is 6.92 Å². The summed E-state index contributed by atoms with van der Waals surface area (Å²) in [7, 11) is 0. The molecule has 0 unspecified atom stereocenters. The maximum atomic E-state index is 12.4. The molecule has 0 radical (unpaired) electrons. The summed E-state index contributed by atoms with van der Waals surface area (Å²) in [6.07, 6.45) is -3.38. The van der Waals surface area contributed by atoms with Crippen molar-refractivity contribution in [2.24, 2.45) is 5.73 Å². The van der Waals surface area contributed by atoms with Crippen molar-refractivity contribution >= 4 is 5.69 Å². The summed E-state index contributed by atoms with van der Waals surface area (Å²) in [5.41, 5.74) is 7.38. The number of nitrogens with zero attached hydrogens (tertiary/aromatic N) is 1. The quantitative estimate of drug-likeness (QED) is 0.878. The van der Waals surface area contributed by atoms with Crippen molar-refractivity contribution in [1.82, 2.24) is 0 Å². The average molecular weight is 260 g/mol. The molecule has 1 aromatic carbocycles. The van der Waals surface area contributed by atoms with E-state index in [9.17, 15) is 13.2 Å². The lowest BCUT2D eigenvalue weighted by molar-refractivity contribution is -0.119. The van der Waals surface area contributed by atoms with Crippen molar-refractivity contribution in [1.29, 1.82) is 0 Å². The zero-order valence-electron chi connectivity index (χ0n) is 10.7. The van der Waals surface area contributed by atoms with Gasteiger partial charge in [0.1, 0.15) is 6.54 Å². The second kappa shape index (κ2) is 6.09. The van der Waals surface area contributed by atoms with Crippen LogP contribution in [0.1, 0.15) is 31.9 Å². The number of rotatable bonds is 5. The standard InChI is InChI=1S/C13H19F3N2/c1-3-12(17)10-5-7-11(8-6-10)18(4-2)9-13(14,15)16/h5-8,12H,3-4,9,17H2,1-2H3/t12-/m1/s1. The van der Waals surface area contributed by atoms with Crippen LogP contribution in [0.15, 0.2) is 24.3 Å². The molecule has 0 saturated heterocycles. The Morgan fingerprint density at radius 1 is 1.17 bits per heavy atom. The third-order valence-corrected chi connectivity index (χ3v) is 2.88. The number of halogens is 3. The van der Waals surface area contributed by atoms with E-state index in [2.05, 4.69) is 0 Å². The minimum Gasteiger partial charge on any atom is -0.363 e. The first kappa shape index (κ1) is 14.8. The highest BCUT2D eigenvalue weighted by molar-refractivity contribution is 5.48. The molecule has 0 aliphatic rings. The Kier molecular flexibility index (Phi) is 5.02. The van der Waals surface area contributed by atoms with Gasteiger partial charge >= 0.3 is 6.18 Å². The molecule has 0 saturated carbocycles. The fourth-order valence-electron chi connectivity index (χ4n) is 1.77. The van der Waals surface area contributed by atoms with Crippen molar-refractivity contribution in [2.75, 3.05) is 18.0 Å². The SMILES string of the molecule is CC[C@@H](N)c1ccc(N(CC)CC(F)(F)F)cc1. The molecule has 2 nitrogen and oxygen atoms in total. The molecule has 0 aliphatic carbocycles. The van der Waals surface area contributed by atoms with Crippen LogP contribution in [0.25, 0.3) is 0 Å². The summed E-state index contributed by atoms with van der Waals surface area (Å²) < 4.78 is 37.1. The molecule has 1 aromatic rings. The van der Waals surface area contributed by atoms with Gasteiger partial charge in [0, 0.05) is 18.3 Å². The van der Waals surface area contributed by atoms with Crippen LogP contribution >= 0.6 is 0 Å². The molecule has 0 spiro atoms. The molecule has 1 rings (SSSR count). The van der Waals surface area contributed by atoms with Crippen LogP contribution in [0.4, 0.5) is 18.9 Å². The largest absolute Gasteiger partial charge is 0.405 e. The average Bonchev–Trinajstić information content (AvgIpc) is 2.34. The topological polar surface area (TPSA) is 29.3 Å². The molecule has 18 heavy (non-hydrogen) atoms. The Balaban J connectivity index is 2.82. The fourth-order valence-corrected chi connectivity index (χ4v) is 1.77. The predicted molar refractivity (Wildman–Crippen MR) is 67.6 cm³/mol. The van der Waals surface area contributed by atoms with E-state index < -0.39 is 12.7 Å². The highest BCUT2D eigenvalue weighted by Crippen LogP contribution is 2.23. The Labute approximate surface area is 106 Å². The zero-order chi connectivity index (χ0) is 13.8. The summed E-state index contributed by atoms with van der Waals surface area (Å²) in [6.45, 7) is 3.07. The summed E-state index contributed by atoms with van der Waals surface area (Å²) in [5.74, 6) is 0. The Morgan fingerprint density at radius 3 is 2.11 bits per heavy atom. The van der Waals surface area contributed by atoms with Gasteiger partial charge in [0.15, 0.2) is 0 Å². The molecule has 0 fully saturated rings. The van der Waals surface area contributed by atoms with Crippen LogP contribution in [0, 0.1) is 0 Å². The van der Waals surface area contributed by atoms with Crippen molar-refractivity contribution < 1.29 is 13.2 Å². The Bertz CT molecular complexity index is 359. The molecule has 0 bridgehead atoms. The maximum Gasteiger partial charge on any atom is 0.405 e. The Hall–Kier alpha value is -1.23. The molecular formula is C13H19F3N2. The summed E-state index contributed by atoms with van der Waals surface area (Å²) in [6, 6.07) is 6.92. The minimum atomic E-state index is -4.19. The summed E-state index contributed by atoms with van der Waals surface area (Å²) in [5, 5.41) is 0. The Morgan fingerprint density at radius 2 is 1.72 bits per heavy atom. The lowest BCUT2D eigenvalue weighted by atomic mass is 10.1. The van der Waals surface area contributed by atoms with Crippen molar-refractivity contribution in [2.45, 2.75) is 32.5 Å². The molecule has 0 aromatic heterocycles. The van der Waals surface area contributed by atoms with Crippen molar-refractivity contribution in [3.63, 3.8) is 0 Å². The molecule has 0 amide bonds. The number of nitrogens with two attached hydrogens (primary N) is 1. The van der Waals surface area contributed by atoms with Crippen LogP contribution in [0.5, 0.6) is 0 Å². The monoisotopic (exact) mass is 260 g/mol. The molecule has 102 valence electrons. The van der Waals surface area contributed by atoms with Gasteiger partial charge in [-0.05, 0) is 31.0 Å². The van der Waals surface area contributed by atoms with Crippen molar-refractivity contribution in [3.8, 4) is 0 Å². The highest BCUT2D eigenvalue weighted by Gasteiger charge is 2.30. The second-order valence-electron chi connectivity index (χ2n) is 4.24. The van der Waals surface area contributed by atoms with E-state index in [1.165, 1.54) is 4.90 Å². The second-order valence-corrected chi connectivity index (χ2v) is 4.24. The number of hydrogen-bond acceptors (Lipinski definition) is 2. The zero-order valence-corrected chi connectivity index (χ0v) is 10.7. The van der Waals surface area contributed by atoms with Gasteiger partial charge < -0.3 is 10.6 Å². The number of hydrogen-bond donors (Lipinski definition) is 1. The minimum absolute atomic E-state index is 0.0586. The number of anilines is 1. The molecule has 2 N–H and O–H groups in total. The van der Waals surface area contributed by atoms with Crippen LogP contribution in [-0.2, 0) is 0 Å². The first-order valence-corrected chi connectivity index (χ1v) is 6.04. The van der Waals surface area contributed by atoms with Gasteiger partial charge in [-0.1, -0.05) is 19.1 Å². The predicted octanol–water partition coefficient (Wildman–Crippen LogP) is 3.49. The summed E-state index contributed by atoms with van der Waals surface area (Å²) >= 11 is 0. The normalized spacial score (nSPS) is 13.4. The third kappa shape index (κ3) is 4.22. The maximum absolute atomic E-state index is 12.4. The summed E-state index contributed by atoms with van der Waals surface area (Å²) in [4.78, 5) is 1.29. The molecule has 0 heterocycles. The highest BCUT2D eigenvalue weighted by atomic mass is 19.4. The lowest BCUT2D eigenvalue weighted by Crippen LogP contribution is -2.34. The fraction of sp³-hybridized carbons (Fsp3) is 0.538. The molecule has 1 atom stereocenters. The van der Waals surface area contributed by atoms with Gasteiger partial charge in [-0.15, -0.1) is 0 Å². The molecular weight excluding hydrogens is 241 g/mol. The molecule has 0 aliphatic heterocycles. The van der Waals surface area contributed by atoms with E-state index in [0.717, 1.165) is 12.0 Å². The first-order valence-electron chi connectivity index (χ1n) is 6.04. The van der Waals surface area contributed by atoms with Crippen LogP contribution in [-0.4, -0.2) is 19.3 Å². The van der Waals surface area contributed by atoms with Crippen LogP contribution in [0.2, 0.25) is 0 Å². The van der Waals surface area contributed by atoms with Gasteiger partial charge in [-0.2, -0.15) is 13.2 Å². The van der Waals surface area contributed by atoms with E-state index in [-0.39, 0.29) is 6.04 Å². The van der Waals surface area contributed by atoms with E-state index in [4.69, 9.17) is 5.73 Å².